The van der Waals surface area contributed by atoms with Gasteiger partial charge in [0.05, 0.1) is 11.9 Å². The molecular weight excluding hydrogens is 296 g/mol. The highest BCUT2D eigenvalue weighted by atomic mass is 16.4. The van der Waals surface area contributed by atoms with Crippen LogP contribution in [0.25, 0.3) is 5.69 Å². The number of carbonyl (C=O) groups is 2. The largest absolute Gasteiger partial charge is 0.480 e. The van der Waals surface area contributed by atoms with Crippen molar-refractivity contribution in [2.24, 2.45) is 5.92 Å². The zero-order valence-corrected chi connectivity index (χ0v) is 13.4. The molecule has 0 saturated heterocycles. The van der Waals surface area contributed by atoms with Crippen LogP contribution in [0.5, 0.6) is 0 Å². The van der Waals surface area contributed by atoms with E-state index in [1.165, 1.54) is 10.9 Å². The normalized spacial score (nSPS) is 12.2. The number of hydrogen-bond acceptors (Lipinski definition) is 4. The smallest absolute Gasteiger partial charge is 0.326 e. The Morgan fingerprint density at radius 3 is 2.48 bits per heavy atom. The number of aryl methyl sites for hydroxylation is 1. The number of rotatable bonds is 6. The second kappa shape index (κ2) is 7.04. The fraction of sp³-hybridized carbons (Fsp3) is 0.375. The van der Waals surface area contributed by atoms with Gasteiger partial charge in [-0.3, -0.25) is 4.79 Å². The van der Waals surface area contributed by atoms with Crippen molar-refractivity contribution < 1.29 is 14.7 Å². The third-order valence-corrected chi connectivity index (χ3v) is 3.34. The molecule has 7 heteroatoms. The monoisotopic (exact) mass is 316 g/mol. The van der Waals surface area contributed by atoms with Crippen molar-refractivity contribution in [2.45, 2.75) is 33.2 Å². The first-order valence-corrected chi connectivity index (χ1v) is 7.40. The maximum Gasteiger partial charge on any atom is 0.326 e. The van der Waals surface area contributed by atoms with E-state index in [9.17, 15) is 14.7 Å². The van der Waals surface area contributed by atoms with Crippen LogP contribution in [0.15, 0.2) is 30.5 Å². The molecule has 0 aliphatic carbocycles. The average molecular weight is 316 g/mol. The molecule has 2 rings (SSSR count). The number of aliphatic carboxylic acids is 1. The number of nitrogens with one attached hydrogen (secondary N) is 1. The number of carboxylic acids is 1. The standard InChI is InChI=1S/C16H20N4O3/c1-10(2)8-13(16(22)23)17-15(21)14-9-20(19-18-14)12-6-4-11(3)5-7-12/h4-7,9-10,13H,8H2,1-3H3,(H,17,21)(H,22,23)/t13-/m1/s1. The van der Waals surface area contributed by atoms with Crippen LogP contribution in [0.1, 0.15) is 36.3 Å². The van der Waals surface area contributed by atoms with E-state index in [-0.39, 0.29) is 11.6 Å². The highest BCUT2D eigenvalue weighted by Gasteiger charge is 2.23. The molecule has 1 aromatic heterocycles. The number of hydrogen-bond donors (Lipinski definition) is 2. The number of carboxylic acid groups (broad SMARTS) is 1. The fourth-order valence-corrected chi connectivity index (χ4v) is 2.12. The van der Waals surface area contributed by atoms with E-state index in [4.69, 9.17) is 0 Å². The molecule has 1 heterocycles. The van der Waals surface area contributed by atoms with Crippen LogP contribution >= 0.6 is 0 Å². The predicted octanol–water partition coefficient (Wildman–Crippen LogP) is 1.80. The summed E-state index contributed by atoms with van der Waals surface area (Å²) in [6.45, 7) is 5.77. The number of benzene rings is 1. The molecule has 1 atom stereocenters. The molecule has 1 amide bonds. The second-order valence-electron chi connectivity index (χ2n) is 5.88. The lowest BCUT2D eigenvalue weighted by molar-refractivity contribution is -0.139. The van der Waals surface area contributed by atoms with Crippen LogP contribution in [0, 0.1) is 12.8 Å². The van der Waals surface area contributed by atoms with Gasteiger partial charge in [-0.1, -0.05) is 36.8 Å². The summed E-state index contributed by atoms with van der Waals surface area (Å²) in [5.41, 5.74) is 1.98. The first-order chi connectivity index (χ1) is 10.9. The quantitative estimate of drug-likeness (QED) is 0.847. The lowest BCUT2D eigenvalue weighted by Gasteiger charge is -2.15. The van der Waals surface area contributed by atoms with Gasteiger partial charge in [0, 0.05) is 0 Å². The van der Waals surface area contributed by atoms with Gasteiger partial charge in [0.1, 0.15) is 6.04 Å². The molecule has 2 aromatic rings. The molecule has 1 aromatic carbocycles. The maximum atomic E-state index is 12.1. The summed E-state index contributed by atoms with van der Waals surface area (Å²) in [4.78, 5) is 23.4. The van der Waals surface area contributed by atoms with Crippen molar-refractivity contribution in [3.8, 4) is 5.69 Å². The van der Waals surface area contributed by atoms with Crippen LogP contribution in [0.2, 0.25) is 0 Å². The van der Waals surface area contributed by atoms with Crippen molar-refractivity contribution in [3.05, 3.63) is 41.7 Å². The fourth-order valence-electron chi connectivity index (χ4n) is 2.12. The van der Waals surface area contributed by atoms with Crippen molar-refractivity contribution in [2.75, 3.05) is 0 Å². The molecule has 0 saturated carbocycles. The van der Waals surface area contributed by atoms with Gasteiger partial charge in [0.25, 0.3) is 5.91 Å². The van der Waals surface area contributed by atoms with E-state index >= 15 is 0 Å². The van der Waals surface area contributed by atoms with Gasteiger partial charge in [0.2, 0.25) is 0 Å². The van der Waals surface area contributed by atoms with Gasteiger partial charge in [-0.25, -0.2) is 9.48 Å². The first kappa shape index (κ1) is 16.7. The van der Waals surface area contributed by atoms with Gasteiger partial charge in [-0.05, 0) is 31.4 Å². The Labute approximate surface area is 134 Å². The van der Waals surface area contributed by atoms with Crippen molar-refractivity contribution in [1.29, 1.82) is 0 Å². The first-order valence-electron chi connectivity index (χ1n) is 7.40. The molecule has 7 nitrogen and oxygen atoms in total. The van der Waals surface area contributed by atoms with Crippen molar-refractivity contribution >= 4 is 11.9 Å². The number of amides is 1. The predicted molar refractivity (Wildman–Crippen MR) is 84.4 cm³/mol. The zero-order valence-electron chi connectivity index (χ0n) is 13.4. The summed E-state index contributed by atoms with van der Waals surface area (Å²) < 4.78 is 1.48. The Morgan fingerprint density at radius 2 is 1.91 bits per heavy atom. The van der Waals surface area contributed by atoms with Gasteiger partial charge < -0.3 is 10.4 Å². The molecule has 0 unspecified atom stereocenters. The lowest BCUT2D eigenvalue weighted by Crippen LogP contribution is -2.41. The third-order valence-electron chi connectivity index (χ3n) is 3.34. The van der Waals surface area contributed by atoms with Crippen LogP contribution in [0.4, 0.5) is 0 Å². The Kier molecular flexibility index (Phi) is 5.10. The summed E-state index contributed by atoms with van der Waals surface area (Å²) in [7, 11) is 0. The highest BCUT2D eigenvalue weighted by Crippen LogP contribution is 2.09. The summed E-state index contributed by atoms with van der Waals surface area (Å²) in [5, 5.41) is 19.4. The molecular formula is C16H20N4O3. The number of nitrogens with zero attached hydrogens (tertiary/aromatic N) is 3. The average Bonchev–Trinajstić information content (AvgIpc) is 2.96. The lowest BCUT2D eigenvalue weighted by atomic mass is 10.0. The van der Waals surface area contributed by atoms with E-state index in [2.05, 4.69) is 15.6 Å². The molecule has 0 spiro atoms. The summed E-state index contributed by atoms with van der Waals surface area (Å²) >= 11 is 0. The minimum absolute atomic E-state index is 0.0839. The molecule has 0 radical (unpaired) electrons. The second-order valence-corrected chi connectivity index (χ2v) is 5.88. The zero-order chi connectivity index (χ0) is 17.0. The SMILES string of the molecule is Cc1ccc(-n2cc(C(=O)N[C@H](CC(C)C)C(=O)O)nn2)cc1. The van der Waals surface area contributed by atoms with E-state index in [0.717, 1.165) is 11.3 Å². The van der Waals surface area contributed by atoms with Gasteiger partial charge in [0.15, 0.2) is 5.69 Å². The molecule has 2 N–H and O–H groups in total. The Bertz CT molecular complexity index is 692. The van der Waals surface area contributed by atoms with Crippen LogP contribution in [0.3, 0.4) is 0 Å². The topological polar surface area (TPSA) is 97.1 Å². The van der Waals surface area contributed by atoms with E-state index in [1.807, 2.05) is 45.0 Å². The van der Waals surface area contributed by atoms with Gasteiger partial charge in [-0.15, -0.1) is 5.10 Å². The molecule has 23 heavy (non-hydrogen) atoms. The van der Waals surface area contributed by atoms with Crippen molar-refractivity contribution in [1.82, 2.24) is 20.3 Å². The summed E-state index contributed by atoms with van der Waals surface area (Å²) in [6.07, 6.45) is 1.83. The Balaban J connectivity index is 2.11. The summed E-state index contributed by atoms with van der Waals surface area (Å²) in [5.74, 6) is -1.45. The molecule has 0 aliphatic heterocycles. The number of carbonyl (C=O) groups excluding carboxylic acids is 1. The minimum atomic E-state index is -1.06. The molecule has 0 fully saturated rings. The molecule has 122 valence electrons. The van der Waals surface area contributed by atoms with E-state index < -0.39 is 17.9 Å². The van der Waals surface area contributed by atoms with Gasteiger partial charge in [-0.2, -0.15) is 0 Å². The maximum absolute atomic E-state index is 12.1. The minimum Gasteiger partial charge on any atom is -0.480 e. The van der Waals surface area contributed by atoms with Crippen LogP contribution in [-0.4, -0.2) is 38.0 Å². The number of aromatic nitrogens is 3. The van der Waals surface area contributed by atoms with Crippen LogP contribution < -0.4 is 5.32 Å². The van der Waals surface area contributed by atoms with Crippen molar-refractivity contribution in [3.63, 3.8) is 0 Å². The highest BCUT2D eigenvalue weighted by molar-refractivity contribution is 5.94. The molecule has 0 bridgehead atoms. The Morgan fingerprint density at radius 1 is 1.26 bits per heavy atom. The van der Waals surface area contributed by atoms with E-state index in [1.54, 1.807) is 0 Å². The van der Waals surface area contributed by atoms with Gasteiger partial charge >= 0.3 is 5.97 Å². The summed E-state index contributed by atoms with van der Waals surface area (Å²) in [6, 6.07) is 6.65. The molecule has 0 aliphatic rings. The third kappa shape index (κ3) is 4.38. The Hall–Kier alpha value is -2.70. The van der Waals surface area contributed by atoms with E-state index in [0.29, 0.717) is 6.42 Å². The van der Waals surface area contributed by atoms with Crippen LogP contribution in [-0.2, 0) is 4.79 Å².